The van der Waals surface area contributed by atoms with Crippen molar-refractivity contribution in [2.45, 2.75) is 6.10 Å². The Balaban J connectivity index is 2.58. The highest BCUT2D eigenvalue weighted by atomic mass is 19.1. The van der Waals surface area contributed by atoms with E-state index in [-0.39, 0.29) is 12.1 Å². The Hall–Kier alpha value is -1.95. The van der Waals surface area contributed by atoms with Crippen LogP contribution in [-0.4, -0.2) is 36.7 Å². The van der Waals surface area contributed by atoms with E-state index in [9.17, 15) is 14.0 Å². The van der Waals surface area contributed by atoms with Gasteiger partial charge in [-0.3, -0.25) is 4.79 Å². The lowest BCUT2D eigenvalue weighted by Gasteiger charge is -2.11. The standard InChI is InChI=1S/C11H12FNO4/c1-17-9(11(15)16)6-13-10(14)7-3-2-4-8(12)5-7/h2-5,9H,6H2,1H3,(H,13,14)(H,15,16). The first-order valence-corrected chi connectivity index (χ1v) is 4.84. The van der Waals surface area contributed by atoms with Crippen LogP contribution < -0.4 is 5.32 Å². The van der Waals surface area contributed by atoms with Gasteiger partial charge in [0.1, 0.15) is 5.82 Å². The molecule has 0 heterocycles. The fraction of sp³-hybridized carbons (Fsp3) is 0.273. The molecule has 1 aromatic carbocycles. The van der Waals surface area contributed by atoms with Gasteiger partial charge in [-0.1, -0.05) is 6.07 Å². The van der Waals surface area contributed by atoms with Gasteiger partial charge in [0.2, 0.25) is 0 Å². The number of halogens is 1. The van der Waals surface area contributed by atoms with E-state index in [4.69, 9.17) is 5.11 Å². The molecule has 0 aliphatic rings. The second-order valence-corrected chi connectivity index (χ2v) is 3.28. The third kappa shape index (κ3) is 3.84. The summed E-state index contributed by atoms with van der Waals surface area (Å²) in [4.78, 5) is 22.1. The second kappa shape index (κ2) is 5.95. The lowest BCUT2D eigenvalue weighted by molar-refractivity contribution is -0.148. The van der Waals surface area contributed by atoms with Gasteiger partial charge in [0, 0.05) is 12.7 Å². The third-order valence-corrected chi connectivity index (χ3v) is 2.09. The maximum Gasteiger partial charge on any atom is 0.334 e. The largest absolute Gasteiger partial charge is 0.479 e. The first-order valence-electron chi connectivity index (χ1n) is 4.84. The van der Waals surface area contributed by atoms with Gasteiger partial charge in [-0.2, -0.15) is 0 Å². The quantitative estimate of drug-likeness (QED) is 0.793. The molecule has 0 aromatic heterocycles. The molecule has 5 nitrogen and oxygen atoms in total. The topological polar surface area (TPSA) is 75.6 Å². The van der Waals surface area contributed by atoms with Crippen LogP contribution in [0.1, 0.15) is 10.4 Å². The van der Waals surface area contributed by atoms with Crippen molar-refractivity contribution < 1.29 is 23.8 Å². The number of carbonyl (C=O) groups excluding carboxylic acids is 1. The summed E-state index contributed by atoms with van der Waals surface area (Å²) in [7, 11) is 1.23. The number of carbonyl (C=O) groups is 2. The molecule has 1 amide bonds. The zero-order valence-electron chi connectivity index (χ0n) is 9.14. The number of benzene rings is 1. The van der Waals surface area contributed by atoms with Gasteiger partial charge in [-0.05, 0) is 18.2 Å². The molecule has 0 aliphatic carbocycles. The number of rotatable bonds is 5. The zero-order chi connectivity index (χ0) is 12.8. The second-order valence-electron chi connectivity index (χ2n) is 3.28. The Kier molecular flexibility index (Phi) is 4.59. The smallest absolute Gasteiger partial charge is 0.334 e. The third-order valence-electron chi connectivity index (χ3n) is 2.09. The molecule has 1 rings (SSSR count). The summed E-state index contributed by atoms with van der Waals surface area (Å²) >= 11 is 0. The minimum atomic E-state index is -1.17. The first-order chi connectivity index (χ1) is 8.04. The number of methoxy groups -OCH3 is 1. The normalized spacial score (nSPS) is 11.9. The molecule has 0 radical (unpaired) electrons. The van der Waals surface area contributed by atoms with Gasteiger partial charge >= 0.3 is 5.97 Å². The van der Waals surface area contributed by atoms with Crippen LogP contribution >= 0.6 is 0 Å². The molecule has 2 N–H and O–H groups in total. The van der Waals surface area contributed by atoms with Crippen LogP contribution in [0.3, 0.4) is 0 Å². The van der Waals surface area contributed by atoms with Crippen LogP contribution in [0.15, 0.2) is 24.3 Å². The van der Waals surface area contributed by atoms with Crippen molar-refractivity contribution in [2.75, 3.05) is 13.7 Å². The van der Waals surface area contributed by atoms with Crippen LogP contribution in [-0.2, 0) is 9.53 Å². The van der Waals surface area contributed by atoms with Crippen molar-refractivity contribution in [3.63, 3.8) is 0 Å². The predicted molar refractivity (Wildman–Crippen MR) is 57.2 cm³/mol. The molecule has 6 heteroatoms. The van der Waals surface area contributed by atoms with Crippen LogP contribution in [0.5, 0.6) is 0 Å². The zero-order valence-corrected chi connectivity index (χ0v) is 9.14. The number of carboxylic acid groups (broad SMARTS) is 1. The Morgan fingerprint density at radius 1 is 1.53 bits per heavy atom. The molecule has 0 aliphatic heterocycles. The van der Waals surface area contributed by atoms with Crippen molar-refractivity contribution in [3.05, 3.63) is 35.6 Å². The molecule has 17 heavy (non-hydrogen) atoms. The summed E-state index contributed by atoms with van der Waals surface area (Å²) in [6.45, 7) is -0.179. The molecule has 1 atom stereocenters. The number of ether oxygens (including phenoxy) is 1. The van der Waals surface area contributed by atoms with Crippen molar-refractivity contribution >= 4 is 11.9 Å². The fourth-order valence-corrected chi connectivity index (χ4v) is 1.19. The molecular formula is C11H12FNO4. The molecule has 0 bridgehead atoms. The molecule has 0 saturated heterocycles. The van der Waals surface area contributed by atoms with Crippen molar-refractivity contribution in [1.82, 2.24) is 5.32 Å². The fourth-order valence-electron chi connectivity index (χ4n) is 1.19. The van der Waals surface area contributed by atoms with E-state index >= 15 is 0 Å². The van der Waals surface area contributed by atoms with E-state index in [1.807, 2.05) is 0 Å². The Labute approximate surface area is 97.2 Å². The van der Waals surface area contributed by atoms with Crippen molar-refractivity contribution in [2.24, 2.45) is 0 Å². The van der Waals surface area contributed by atoms with E-state index in [1.54, 1.807) is 0 Å². The van der Waals surface area contributed by atoms with E-state index in [1.165, 1.54) is 25.3 Å². The van der Waals surface area contributed by atoms with Crippen LogP contribution in [0.4, 0.5) is 4.39 Å². The van der Waals surface area contributed by atoms with E-state index < -0.39 is 23.8 Å². The maximum absolute atomic E-state index is 12.8. The highest BCUT2D eigenvalue weighted by molar-refractivity contribution is 5.94. The molecule has 0 fully saturated rings. The monoisotopic (exact) mass is 241 g/mol. The van der Waals surface area contributed by atoms with Crippen molar-refractivity contribution in [3.8, 4) is 0 Å². The number of hydrogen-bond acceptors (Lipinski definition) is 3. The number of amides is 1. The average Bonchev–Trinajstić information content (AvgIpc) is 2.29. The number of nitrogens with one attached hydrogen (secondary N) is 1. The number of hydrogen-bond donors (Lipinski definition) is 2. The molecule has 1 unspecified atom stereocenters. The minimum Gasteiger partial charge on any atom is -0.479 e. The lowest BCUT2D eigenvalue weighted by Crippen LogP contribution is -2.37. The van der Waals surface area contributed by atoms with Gasteiger partial charge < -0.3 is 15.2 Å². The van der Waals surface area contributed by atoms with Crippen LogP contribution in [0, 0.1) is 5.82 Å². The molecule has 92 valence electrons. The van der Waals surface area contributed by atoms with Crippen LogP contribution in [0.2, 0.25) is 0 Å². The average molecular weight is 241 g/mol. The lowest BCUT2D eigenvalue weighted by atomic mass is 10.2. The summed E-state index contributed by atoms with van der Waals surface area (Å²) in [5.74, 6) is -2.25. The van der Waals surface area contributed by atoms with E-state index in [2.05, 4.69) is 10.1 Å². The van der Waals surface area contributed by atoms with Gasteiger partial charge in [-0.15, -0.1) is 0 Å². The summed E-state index contributed by atoms with van der Waals surface area (Å²) in [6.07, 6.45) is -1.12. The summed E-state index contributed by atoms with van der Waals surface area (Å²) < 4.78 is 17.5. The SMILES string of the molecule is COC(CNC(=O)c1cccc(F)c1)C(=O)O. The molecular weight excluding hydrogens is 229 g/mol. The number of aliphatic carboxylic acids is 1. The first kappa shape index (κ1) is 13.1. The minimum absolute atomic E-state index is 0.130. The molecule has 1 aromatic rings. The highest BCUT2D eigenvalue weighted by Gasteiger charge is 2.17. The summed E-state index contributed by atoms with van der Waals surface area (Å²) in [5.41, 5.74) is 0.130. The van der Waals surface area contributed by atoms with Gasteiger partial charge in [0.25, 0.3) is 5.91 Å². The maximum atomic E-state index is 12.8. The molecule has 0 saturated carbocycles. The van der Waals surface area contributed by atoms with Gasteiger partial charge in [0.15, 0.2) is 6.10 Å². The summed E-state index contributed by atoms with van der Waals surface area (Å²) in [5, 5.41) is 11.0. The van der Waals surface area contributed by atoms with Crippen molar-refractivity contribution in [1.29, 1.82) is 0 Å². The highest BCUT2D eigenvalue weighted by Crippen LogP contribution is 2.03. The Morgan fingerprint density at radius 3 is 2.76 bits per heavy atom. The van der Waals surface area contributed by atoms with E-state index in [0.29, 0.717) is 0 Å². The van der Waals surface area contributed by atoms with Crippen LogP contribution in [0.25, 0.3) is 0 Å². The number of carboxylic acids is 1. The van der Waals surface area contributed by atoms with Gasteiger partial charge in [0.05, 0.1) is 6.54 Å². The van der Waals surface area contributed by atoms with Gasteiger partial charge in [-0.25, -0.2) is 9.18 Å². The summed E-state index contributed by atoms with van der Waals surface area (Å²) in [6, 6.07) is 5.11. The van der Waals surface area contributed by atoms with E-state index in [0.717, 1.165) is 6.07 Å². The Morgan fingerprint density at radius 2 is 2.24 bits per heavy atom. The Bertz CT molecular complexity index is 422. The molecule has 0 spiro atoms. The predicted octanol–water partition coefficient (Wildman–Crippen LogP) is 0.655.